The van der Waals surface area contributed by atoms with Crippen LogP contribution in [0, 0.1) is 16.0 Å². The summed E-state index contributed by atoms with van der Waals surface area (Å²) in [6.45, 7) is 1.94. The third kappa shape index (κ3) is 3.71. The lowest BCUT2D eigenvalue weighted by molar-refractivity contribution is -0.384. The van der Waals surface area contributed by atoms with Crippen molar-refractivity contribution in [2.75, 3.05) is 10.6 Å². The fraction of sp³-hybridized carbons (Fsp3) is 0.278. The second kappa shape index (κ2) is 6.70. The number of nitro benzene ring substituents is 1. The molecular weight excluding hydrogens is 306 g/mol. The number of nitro groups is 1. The number of benzene rings is 2. The number of rotatable bonds is 6. The van der Waals surface area contributed by atoms with E-state index in [1.54, 1.807) is 18.2 Å². The minimum Gasteiger partial charge on any atom is -0.373 e. The van der Waals surface area contributed by atoms with Gasteiger partial charge >= 0.3 is 0 Å². The van der Waals surface area contributed by atoms with Gasteiger partial charge in [-0.3, -0.25) is 14.9 Å². The van der Waals surface area contributed by atoms with E-state index in [0.29, 0.717) is 5.69 Å². The summed E-state index contributed by atoms with van der Waals surface area (Å²) in [5.41, 5.74) is 2.30. The molecule has 1 atom stereocenters. The van der Waals surface area contributed by atoms with Crippen LogP contribution in [-0.4, -0.2) is 10.8 Å². The molecule has 2 aromatic carbocycles. The van der Waals surface area contributed by atoms with E-state index in [9.17, 15) is 14.9 Å². The molecule has 6 nitrogen and oxygen atoms in total. The van der Waals surface area contributed by atoms with Crippen molar-refractivity contribution in [2.24, 2.45) is 5.92 Å². The van der Waals surface area contributed by atoms with E-state index in [1.807, 2.05) is 31.2 Å². The third-order valence-corrected chi connectivity index (χ3v) is 4.10. The second-order valence-electron chi connectivity index (χ2n) is 6.03. The SMILES string of the molecule is CC(Nc1ccccc1[N+](=O)[O-])c1ccc(NC(=O)C2CC2)cc1. The molecule has 0 heterocycles. The fourth-order valence-electron chi connectivity index (χ4n) is 2.52. The summed E-state index contributed by atoms with van der Waals surface area (Å²) in [6, 6.07) is 14.0. The predicted molar refractivity (Wildman–Crippen MR) is 92.9 cm³/mol. The molecular formula is C18H19N3O3. The lowest BCUT2D eigenvalue weighted by atomic mass is 10.1. The van der Waals surface area contributed by atoms with Crippen LogP contribution in [0.4, 0.5) is 17.1 Å². The van der Waals surface area contributed by atoms with Crippen molar-refractivity contribution < 1.29 is 9.72 Å². The van der Waals surface area contributed by atoms with Gasteiger partial charge in [0.25, 0.3) is 5.69 Å². The number of hydrogen-bond donors (Lipinski definition) is 2. The molecule has 1 fully saturated rings. The average Bonchev–Trinajstić information content (AvgIpc) is 3.40. The van der Waals surface area contributed by atoms with E-state index < -0.39 is 4.92 Å². The van der Waals surface area contributed by atoms with Gasteiger partial charge in [-0.25, -0.2) is 0 Å². The van der Waals surface area contributed by atoms with Crippen molar-refractivity contribution in [1.82, 2.24) is 0 Å². The minimum atomic E-state index is -0.397. The number of para-hydroxylation sites is 2. The van der Waals surface area contributed by atoms with Crippen LogP contribution >= 0.6 is 0 Å². The molecule has 2 N–H and O–H groups in total. The fourth-order valence-corrected chi connectivity index (χ4v) is 2.52. The first-order valence-electron chi connectivity index (χ1n) is 7.95. The zero-order valence-corrected chi connectivity index (χ0v) is 13.4. The Bertz CT molecular complexity index is 754. The summed E-state index contributed by atoms with van der Waals surface area (Å²) < 4.78 is 0. The van der Waals surface area contributed by atoms with Gasteiger partial charge in [-0.05, 0) is 43.5 Å². The summed E-state index contributed by atoms with van der Waals surface area (Å²) in [5, 5.41) is 17.1. The van der Waals surface area contributed by atoms with Crippen LogP contribution < -0.4 is 10.6 Å². The quantitative estimate of drug-likeness (QED) is 0.618. The first-order valence-corrected chi connectivity index (χ1v) is 7.95. The predicted octanol–water partition coefficient (Wildman–Crippen LogP) is 4.12. The van der Waals surface area contributed by atoms with Gasteiger partial charge in [0.05, 0.1) is 4.92 Å². The lowest BCUT2D eigenvalue weighted by Crippen LogP contribution is -2.13. The summed E-state index contributed by atoms with van der Waals surface area (Å²) >= 11 is 0. The highest BCUT2D eigenvalue weighted by Gasteiger charge is 2.29. The number of anilines is 2. The van der Waals surface area contributed by atoms with Crippen LogP contribution in [0.15, 0.2) is 48.5 Å². The van der Waals surface area contributed by atoms with Crippen LogP contribution in [0.25, 0.3) is 0 Å². The zero-order valence-electron chi connectivity index (χ0n) is 13.4. The Morgan fingerprint density at radius 1 is 1.17 bits per heavy atom. The van der Waals surface area contributed by atoms with E-state index in [1.165, 1.54) is 6.07 Å². The van der Waals surface area contributed by atoms with Gasteiger partial charge in [0.1, 0.15) is 5.69 Å². The van der Waals surface area contributed by atoms with E-state index >= 15 is 0 Å². The number of hydrogen-bond acceptors (Lipinski definition) is 4. The van der Waals surface area contributed by atoms with Gasteiger partial charge in [0.15, 0.2) is 0 Å². The van der Waals surface area contributed by atoms with E-state index in [-0.39, 0.29) is 23.6 Å². The van der Waals surface area contributed by atoms with Crippen LogP contribution in [0.3, 0.4) is 0 Å². The van der Waals surface area contributed by atoms with E-state index in [2.05, 4.69) is 10.6 Å². The van der Waals surface area contributed by atoms with Gasteiger partial charge in [-0.2, -0.15) is 0 Å². The van der Waals surface area contributed by atoms with Crippen molar-refractivity contribution in [2.45, 2.75) is 25.8 Å². The molecule has 3 rings (SSSR count). The Labute approximate surface area is 140 Å². The standard InChI is InChI=1S/C18H19N3O3/c1-12(19-16-4-2-3-5-17(16)21(23)24)13-8-10-15(11-9-13)20-18(22)14-6-7-14/h2-5,8-12,14,19H,6-7H2,1H3,(H,20,22). The largest absolute Gasteiger partial charge is 0.373 e. The third-order valence-electron chi connectivity index (χ3n) is 4.10. The lowest BCUT2D eigenvalue weighted by Gasteiger charge is -2.16. The number of carbonyl (C=O) groups is 1. The van der Waals surface area contributed by atoms with Gasteiger partial charge in [0, 0.05) is 23.7 Å². The van der Waals surface area contributed by atoms with Gasteiger partial charge in [0.2, 0.25) is 5.91 Å². The van der Waals surface area contributed by atoms with Gasteiger partial charge in [-0.15, -0.1) is 0 Å². The number of nitrogens with one attached hydrogen (secondary N) is 2. The Hall–Kier alpha value is -2.89. The molecule has 0 spiro atoms. The van der Waals surface area contributed by atoms with E-state index in [4.69, 9.17) is 0 Å². The maximum atomic E-state index is 11.7. The zero-order chi connectivity index (χ0) is 17.1. The minimum absolute atomic E-state index is 0.0534. The monoisotopic (exact) mass is 325 g/mol. The molecule has 0 radical (unpaired) electrons. The summed E-state index contributed by atoms with van der Waals surface area (Å²) in [7, 11) is 0. The molecule has 0 saturated heterocycles. The average molecular weight is 325 g/mol. The van der Waals surface area contributed by atoms with Crippen molar-refractivity contribution in [3.63, 3.8) is 0 Å². The molecule has 1 aliphatic rings. The molecule has 24 heavy (non-hydrogen) atoms. The molecule has 6 heteroatoms. The van der Waals surface area contributed by atoms with E-state index in [0.717, 1.165) is 24.1 Å². The smallest absolute Gasteiger partial charge is 0.292 e. The molecule has 0 bridgehead atoms. The summed E-state index contributed by atoms with van der Waals surface area (Å²) in [6.07, 6.45) is 1.95. The highest BCUT2D eigenvalue weighted by molar-refractivity contribution is 5.94. The summed E-state index contributed by atoms with van der Waals surface area (Å²) in [4.78, 5) is 22.4. The molecule has 124 valence electrons. The van der Waals surface area contributed by atoms with Crippen LogP contribution in [0.5, 0.6) is 0 Å². The van der Waals surface area contributed by atoms with Crippen molar-refractivity contribution in [1.29, 1.82) is 0 Å². The van der Waals surface area contributed by atoms with Gasteiger partial charge < -0.3 is 10.6 Å². The Morgan fingerprint density at radius 3 is 2.46 bits per heavy atom. The molecule has 1 saturated carbocycles. The molecule has 0 aromatic heterocycles. The highest BCUT2D eigenvalue weighted by atomic mass is 16.6. The second-order valence-corrected chi connectivity index (χ2v) is 6.03. The molecule has 1 aliphatic carbocycles. The van der Waals surface area contributed by atoms with Crippen molar-refractivity contribution in [3.05, 3.63) is 64.2 Å². The first-order chi connectivity index (χ1) is 11.5. The normalized spacial score (nSPS) is 14.7. The Balaban J connectivity index is 1.68. The Morgan fingerprint density at radius 2 is 1.83 bits per heavy atom. The van der Waals surface area contributed by atoms with Crippen LogP contribution in [-0.2, 0) is 4.79 Å². The van der Waals surface area contributed by atoms with Crippen LogP contribution in [0.2, 0.25) is 0 Å². The summed E-state index contributed by atoms with van der Waals surface area (Å²) in [5.74, 6) is 0.248. The first kappa shape index (κ1) is 16.0. The van der Waals surface area contributed by atoms with Crippen molar-refractivity contribution in [3.8, 4) is 0 Å². The number of amides is 1. The molecule has 0 aliphatic heterocycles. The number of carbonyl (C=O) groups excluding carboxylic acids is 1. The number of nitrogens with zero attached hydrogens (tertiary/aromatic N) is 1. The highest BCUT2D eigenvalue weighted by Crippen LogP contribution is 2.31. The van der Waals surface area contributed by atoms with Crippen LogP contribution in [0.1, 0.15) is 31.4 Å². The topological polar surface area (TPSA) is 84.3 Å². The maximum Gasteiger partial charge on any atom is 0.292 e. The van der Waals surface area contributed by atoms with Gasteiger partial charge in [-0.1, -0.05) is 24.3 Å². The maximum absolute atomic E-state index is 11.7. The molecule has 2 aromatic rings. The Kier molecular flexibility index (Phi) is 4.46. The molecule has 1 unspecified atom stereocenters. The van der Waals surface area contributed by atoms with Crippen molar-refractivity contribution >= 4 is 23.0 Å². The molecule has 1 amide bonds.